The lowest BCUT2D eigenvalue weighted by atomic mass is 10.1. The van der Waals surface area contributed by atoms with Crippen LogP contribution in [0.15, 0.2) is 48.5 Å². The second kappa shape index (κ2) is 7.42. The number of para-hydroxylation sites is 2. The van der Waals surface area contributed by atoms with Crippen LogP contribution in [-0.2, 0) is 30.5 Å². The first kappa shape index (κ1) is 18.9. The molecule has 1 aromatic heterocycles. The van der Waals surface area contributed by atoms with Crippen molar-refractivity contribution in [3.05, 3.63) is 65.5 Å². The highest BCUT2D eigenvalue weighted by molar-refractivity contribution is 5.79. The van der Waals surface area contributed by atoms with Crippen LogP contribution in [0.3, 0.4) is 0 Å². The fraction of sp³-hybridized carbons (Fsp3) is 0.300. The predicted molar refractivity (Wildman–Crippen MR) is 97.0 cm³/mol. The molecule has 0 aliphatic heterocycles. The van der Waals surface area contributed by atoms with Crippen LogP contribution in [-0.4, -0.2) is 27.4 Å². The summed E-state index contributed by atoms with van der Waals surface area (Å²) in [5.74, 6) is 0.603. The summed E-state index contributed by atoms with van der Waals surface area (Å²) in [6, 6.07) is 12.5. The monoisotopic (exact) mass is 375 g/mol. The van der Waals surface area contributed by atoms with Crippen LogP contribution in [0.2, 0.25) is 0 Å². The summed E-state index contributed by atoms with van der Waals surface area (Å²) in [7, 11) is 1.67. The van der Waals surface area contributed by atoms with E-state index in [1.165, 1.54) is 12.1 Å². The molecule has 0 aliphatic rings. The molecule has 0 spiro atoms. The normalized spacial score (nSPS) is 11.7. The summed E-state index contributed by atoms with van der Waals surface area (Å²) in [5, 5.41) is 0. The molecule has 1 heterocycles. The average Bonchev–Trinajstić information content (AvgIpc) is 2.98. The van der Waals surface area contributed by atoms with E-state index < -0.39 is 11.7 Å². The largest absolute Gasteiger partial charge is 0.416 e. The van der Waals surface area contributed by atoms with Crippen molar-refractivity contribution >= 4 is 16.9 Å². The van der Waals surface area contributed by atoms with E-state index in [4.69, 9.17) is 0 Å². The van der Waals surface area contributed by atoms with Gasteiger partial charge in [0.25, 0.3) is 0 Å². The first-order valence-electron chi connectivity index (χ1n) is 8.64. The van der Waals surface area contributed by atoms with E-state index in [2.05, 4.69) is 9.55 Å². The maximum Gasteiger partial charge on any atom is 0.416 e. The summed E-state index contributed by atoms with van der Waals surface area (Å²) < 4.78 is 39.9. The Morgan fingerprint density at radius 1 is 1.11 bits per heavy atom. The third kappa shape index (κ3) is 4.13. The Bertz CT molecular complexity index is 945. The molecule has 0 bridgehead atoms. The van der Waals surface area contributed by atoms with Gasteiger partial charge in [0.2, 0.25) is 5.91 Å². The summed E-state index contributed by atoms with van der Waals surface area (Å²) in [6.07, 6.45) is -4.33. The van der Waals surface area contributed by atoms with Crippen molar-refractivity contribution in [2.24, 2.45) is 0 Å². The van der Waals surface area contributed by atoms with Crippen LogP contribution < -0.4 is 0 Å². The predicted octanol–water partition coefficient (Wildman–Crippen LogP) is 4.28. The molecule has 7 heteroatoms. The number of likely N-dealkylation sites (N-methyl/N-ethyl adjacent to an activating group) is 1. The number of aromatic nitrogens is 2. The molecule has 0 unspecified atom stereocenters. The molecular weight excluding hydrogens is 355 g/mol. The van der Waals surface area contributed by atoms with Gasteiger partial charge in [-0.1, -0.05) is 24.3 Å². The lowest BCUT2D eigenvalue weighted by Crippen LogP contribution is -2.29. The van der Waals surface area contributed by atoms with Crippen LogP contribution in [0.1, 0.15) is 23.9 Å². The topological polar surface area (TPSA) is 38.1 Å². The first-order chi connectivity index (χ1) is 12.8. The standard InChI is InChI=1S/C20H20F3N3O/c1-3-26-17-7-5-4-6-16(17)24-18(26)13-25(2)19(27)12-14-8-10-15(11-9-14)20(21,22)23/h4-11H,3,12-13H2,1-2H3. The summed E-state index contributed by atoms with van der Waals surface area (Å²) in [4.78, 5) is 18.6. The molecule has 0 radical (unpaired) electrons. The van der Waals surface area contributed by atoms with Crippen molar-refractivity contribution < 1.29 is 18.0 Å². The second-order valence-corrected chi connectivity index (χ2v) is 6.38. The van der Waals surface area contributed by atoms with Crippen molar-refractivity contribution in [3.63, 3.8) is 0 Å². The SMILES string of the molecule is CCn1c(CN(C)C(=O)Cc2ccc(C(F)(F)F)cc2)nc2ccccc21. The number of carbonyl (C=O) groups is 1. The van der Waals surface area contributed by atoms with Gasteiger partial charge in [0, 0.05) is 13.6 Å². The summed E-state index contributed by atoms with van der Waals surface area (Å²) in [5.41, 5.74) is 1.71. The molecule has 3 rings (SSSR count). The number of hydrogen-bond acceptors (Lipinski definition) is 2. The van der Waals surface area contributed by atoms with E-state index in [0.717, 1.165) is 35.5 Å². The number of fused-ring (bicyclic) bond motifs is 1. The number of nitrogens with zero attached hydrogens (tertiary/aromatic N) is 3. The highest BCUT2D eigenvalue weighted by atomic mass is 19.4. The third-order valence-corrected chi connectivity index (χ3v) is 4.49. The summed E-state index contributed by atoms with van der Waals surface area (Å²) >= 11 is 0. The second-order valence-electron chi connectivity index (χ2n) is 6.38. The fourth-order valence-corrected chi connectivity index (χ4v) is 3.02. The number of alkyl halides is 3. The van der Waals surface area contributed by atoms with Crippen LogP contribution in [0, 0.1) is 0 Å². The average molecular weight is 375 g/mol. The van der Waals surface area contributed by atoms with E-state index in [-0.39, 0.29) is 12.3 Å². The van der Waals surface area contributed by atoms with Gasteiger partial charge in [0.1, 0.15) is 5.82 Å². The van der Waals surface area contributed by atoms with E-state index in [1.807, 2.05) is 31.2 Å². The number of benzene rings is 2. The van der Waals surface area contributed by atoms with E-state index in [9.17, 15) is 18.0 Å². The Hall–Kier alpha value is -2.83. The number of amides is 1. The molecular formula is C20H20F3N3O. The highest BCUT2D eigenvalue weighted by Crippen LogP contribution is 2.29. The van der Waals surface area contributed by atoms with Crippen LogP contribution in [0.4, 0.5) is 13.2 Å². The zero-order valence-electron chi connectivity index (χ0n) is 15.1. The van der Waals surface area contributed by atoms with Gasteiger partial charge >= 0.3 is 6.18 Å². The lowest BCUT2D eigenvalue weighted by Gasteiger charge is -2.18. The Morgan fingerprint density at radius 3 is 2.41 bits per heavy atom. The van der Waals surface area contributed by atoms with Gasteiger partial charge in [-0.05, 0) is 36.8 Å². The number of rotatable bonds is 5. The van der Waals surface area contributed by atoms with Crippen LogP contribution in [0.5, 0.6) is 0 Å². The minimum absolute atomic E-state index is 0.0426. The van der Waals surface area contributed by atoms with Crippen molar-refractivity contribution in [2.45, 2.75) is 32.6 Å². The Kier molecular flexibility index (Phi) is 5.21. The minimum atomic E-state index is -4.38. The molecule has 0 aliphatic carbocycles. The van der Waals surface area contributed by atoms with Crippen molar-refractivity contribution in [1.29, 1.82) is 0 Å². The van der Waals surface area contributed by atoms with E-state index in [0.29, 0.717) is 12.1 Å². The van der Waals surface area contributed by atoms with Gasteiger partial charge in [-0.2, -0.15) is 13.2 Å². The van der Waals surface area contributed by atoms with Gasteiger partial charge in [-0.25, -0.2) is 4.98 Å². The number of carbonyl (C=O) groups excluding carboxylic acids is 1. The molecule has 0 atom stereocenters. The zero-order chi connectivity index (χ0) is 19.6. The Labute approximate surface area is 155 Å². The zero-order valence-corrected chi connectivity index (χ0v) is 15.1. The van der Waals surface area contributed by atoms with Gasteiger partial charge in [0.15, 0.2) is 0 Å². The Morgan fingerprint density at radius 2 is 1.78 bits per heavy atom. The van der Waals surface area contributed by atoms with Crippen LogP contribution in [0.25, 0.3) is 11.0 Å². The molecule has 1 amide bonds. The van der Waals surface area contributed by atoms with Gasteiger partial charge in [0.05, 0.1) is 29.6 Å². The summed E-state index contributed by atoms with van der Waals surface area (Å²) in [6.45, 7) is 3.08. The molecule has 0 saturated heterocycles. The molecule has 0 fully saturated rings. The maximum atomic E-state index is 12.6. The number of aryl methyl sites for hydroxylation is 1. The molecule has 27 heavy (non-hydrogen) atoms. The smallest absolute Gasteiger partial charge is 0.338 e. The van der Waals surface area contributed by atoms with Gasteiger partial charge in [-0.15, -0.1) is 0 Å². The first-order valence-corrected chi connectivity index (χ1v) is 8.64. The van der Waals surface area contributed by atoms with Gasteiger partial charge < -0.3 is 9.47 Å². The third-order valence-electron chi connectivity index (χ3n) is 4.49. The fourth-order valence-electron chi connectivity index (χ4n) is 3.02. The van der Waals surface area contributed by atoms with Crippen LogP contribution >= 0.6 is 0 Å². The van der Waals surface area contributed by atoms with Crippen molar-refractivity contribution in [2.75, 3.05) is 7.05 Å². The van der Waals surface area contributed by atoms with Crippen molar-refractivity contribution in [1.82, 2.24) is 14.5 Å². The number of imidazole rings is 1. The quantitative estimate of drug-likeness (QED) is 0.668. The highest BCUT2D eigenvalue weighted by Gasteiger charge is 2.30. The molecule has 3 aromatic rings. The van der Waals surface area contributed by atoms with E-state index in [1.54, 1.807) is 11.9 Å². The Balaban J connectivity index is 1.71. The van der Waals surface area contributed by atoms with Gasteiger partial charge in [-0.3, -0.25) is 4.79 Å². The molecule has 0 N–H and O–H groups in total. The number of hydrogen-bond donors (Lipinski definition) is 0. The number of halogens is 3. The maximum absolute atomic E-state index is 12.6. The molecule has 0 saturated carbocycles. The lowest BCUT2D eigenvalue weighted by molar-refractivity contribution is -0.137. The molecule has 2 aromatic carbocycles. The van der Waals surface area contributed by atoms with E-state index >= 15 is 0 Å². The minimum Gasteiger partial charge on any atom is -0.338 e. The molecule has 4 nitrogen and oxygen atoms in total. The molecule has 142 valence electrons. The van der Waals surface area contributed by atoms with Crippen molar-refractivity contribution in [3.8, 4) is 0 Å².